The Kier molecular flexibility index (Phi) is 5.28. The number of rotatable bonds is 3. The van der Waals surface area contributed by atoms with E-state index in [0.29, 0.717) is 0 Å². The summed E-state index contributed by atoms with van der Waals surface area (Å²) in [4.78, 5) is 0. The van der Waals surface area contributed by atoms with Crippen molar-refractivity contribution >= 4 is 8.69 Å². The monoisotopic (exact) mass is 120 g/mol. The zero-order valence-electron chi connectivity index (χ0n) is 3.57. The molecule has 0 rings (SSSR count). The summed E-state index contributed by atoms with van der Waals surface area (Å²) in [6.45, 7) is 0.182. The average Bonchev–Trinajstić information content (AvgIpc) is 1.69. The minimum Gasteiger partial charge on any atom is -0.516 e. The van der Waals surface area contributed by atoms with Crippen molar-refractivity contribution in [2.24, 2.45) is 0 Å². The van der Waals surface area contributed by atoms with E-state index >= 15 is 0 Å². The molecule has 0 radical (unpaired) electrons. The van der Waals surface area contributed by atoms with Gasteiger partial charge in [0.05, 0.1) is 12.9 Å². The van der Waals surface area contributed by atoms with Crippen LogP contribution in [0.5, 0.6) is 0 Å². The second kappa shape index (κ2) is 5.60. The maximum absolute atomic E-state index is 9.44. The SMILES string of the molecule is O=POCC=CO. The number of aliphatic hydroxyl groups is 1. The molecule has 0 spiro atoms. The van der Waals surface area contributed by atoms with Crippen LogP contribution in [0.2, 0.25) is 0 Å². The van der Waals surface area contributed by atoms with Gasteiger partial charge in [-0.1, -0.05) is 0 Å². The molecule has 0 bridgehead atoms. The molecule has 0 aliphatic heterocycles. The summed E-state index contributed by atoms with van der Waals surface area (Å²) in [5, 5.41) is 7.93. The quantitative estimate of drug-likeness (QED) is 0.346. The molecule has 0 fully saturated rings. The zero-order chi connectivity index (χ0) is 5.54. The van der Waals surface area contributed by atoms with E-state index in [1.54, 1.807) is 0 Å². The summed E-state index contributed by atoms with van der Waals surface area (Å²) in [5.41, 5.74) is 0. The third-order valence-corrected chi connectivity index (χ3v) is 0.583. The van der Waals surface area contributed by atoms with Crippen LogP contribution in [0.1, 0.15) is 0 Å². The molecule has 0 unspecified atom stereocenters. The van der Waals surface area contributed by atoms with Crippen LogP contribution in [-0.2, 0) is 9.09 Å². The lowest BCUT2D eigenvalue weighted by molar-refractivity contribution is 0.379. The summed E-state index contributed by atoms with van der Waals surface area (Å²) in [7, 11) is -0.358. The maximum atomic E-state index is 9.44. The van der Waals surface area contributed by atoms with Gasteiger partial charge in [0, 0.05) is 0 Å². The highest BCUT2D eigenvalue weighted by atomic mass is 31.1. The van der Waals surface area contributed by atoms with Crippen molar-refractivity contribution < 1.29 is 14.2 Å². The predicted molar refractivity (Wildman–Crippen MR) is 25.3 cm³/mol. The lowest BCUT2D eigenvalue weighted by Gasteiger charge is -1.78. The van der Waals surface area contributed by atoms with Gasteiger partial charge in [0.2, 0.25) is 0 Å². The zero-order valence-corrected chi connectivity index (χ0v) is 4.47. The Morgan fingerprint density at radius 1 is 1.86 bits per heavy atom. The van der Waals surface area contributed by atoms with E-state index in [9.17, 15) is 4.57 Å². The maximum Gasteiger partial charge on any atom is 0.327 e. The largest absolute Gasteiger partial charge is 0.516 e. The van der Waals surface area contributed by atoms with Gasteiger partial charge in [-0.3, -0.25) is 4.52 Å². The molecular weight excluding hydrogens is 115 g/mol. The van der Waals surface area contributed by atoms with Crippen LogP contribution in [-0.4, -0.2) is 11.7 Å². The molecule has 0 aromatic rings. The molecule has 0 amide bonds. The van der Waals surface area contributed by atoms with Gasteiger partial charge in [-0.05, 0) is 6.08 Å². The van der Waals surface area contributed by atoms with Crippen molar-refractivity contribution in [3.8, 4) is 0 Å². The fraction of sp³-hybridized carbons (Fsp3) is 0.333. The topological polar surface area (TPSA) is 46.5 Å². The molecule has 40 valence electrons. The van der Waals surface area contributed by atoms with E-state index in [4.69, 9.17) is 5.11 Å². The van der Waals surface area contributed by atoms with Crippen molar-refractivity contribution in [3.63, 3.8) is 0 Å². The van der Waals surface area contributed by atoms with Crippen LogP contribution in [0.4, 0.5) is 0 Å². The first kappa shape index (κ1) is 6.60. The van der Waals surface area contributed by atoms with Gasteiger partial charge in [0.15, 0.2) is 0 Å². The number of hydrogen-bond donors (Lipinski definition) is 1. The number of hydrogen-bond acceptors (Lipinski definition) is 3. The molecular formula is C3H5O3P. The molecule has 0 heterocycles. The molecule has 0 saturated carbocycles. The molecule has 0 aromatic carbocycles. The first-order valence-corrected chi connectivity index (χ1v) is 2.38. The normalized spacial score (nSPS) is 10.9. The minimum absolute atomic E-state index is 0.182. The fourth-order valence-electron chi connectivity index (χ4n) is 0.116. The molecule has 0 saturated heterocycles. The third-order valence-electron chi connectivity index (χ3n) is 0.329. The van der Waals surface area contributed by atoms with Crippen LogP contribution in [0, 0.1) is 0 Å². The molecule has 0 aromatic heterocycles. The summed E-state index contributed by atoms with van der Waals surface area (Å²) < 4.78 is 13.7. The van der Waals surface area contributed by atoms with Gasteiger partial charge >= 0.3 is 8.69 Å². The van der Waals surface area contributed by atoms with Crippen LogP contribution in [0.15, 0.2) is 12.3 Å². The molecule has 0 atom stereocenters. The first-order chi connectivity index (χ1) is 3.41. The summed E-state index contributed by atoms with van der Waals surface area (Å²) in [5.74, 6) is 0. The Morgan fingerprint density at radius 3 is 3.00 bits per heavy atom. The van der Waals surface area contributed by atoms with E-state index in [1.807, 2.05) is 0 Å². The van der Waals surface area contributed by atoms with Crippen molar-refractivity contribution in [3.05, 3.63) is 12.3 Å². The molecule has 1 N–H and O–H groups in total. The minimum atomic E-state index is -0.358. The van der Waals surface area contributed by atoms with Crippen LogP contribution in [0.3, 0.4) is 0 Å². The van der Waals surface area contributed by atoms with E-state index in [2.05, 4.69) is 4.52 Å². The lowest BCUT2D eigenvalue weighted by atomic mass is 10.7. The van der Waals surface area contributed by atoms with Crippen molar-refractivity contribution in [2.75, 3.05) is 6.61 Å². The fourth-order valence-corrected chi connectivity index (χ4v) is 0.263. The van der Waals surface area contributed by atoms with E-state index in [1.165, 1.54) is 6.08 Å². The summed E-state index contributed by atoms with van der Waals surface area (Å²) in [6, 6.07) is 0. The highest BCUT2D eigenvalue weighted by Crippen LogP contribution is 1.91. The van der Waals surface area contributed by atoms with Crippen molar-refractivity contribution in [1.82, 2.24) is 0 Å². The highest BCUT2D eigenvalue weighted by molar-refractivity contribution is 7.17. The Balaban J connectivity index is 2.82. The first-order valence-electron chi connectivity index (χ1n) is 1.65. The van der Waals surface area contributed by atoms with Crippen molar-refractivity contribution in [2.45, 2.75) is 0 Å². The third kappa shape index (κ3) is 5.60. The molecule has 0 aliphatic carbocycles. The molecule has 7 heavy (non-hydrogen) atoms. The highest BCUT2D eigenvalue weighted by Gasteiger charge is 1.72. The van der Waals surface area contributed by atoms with Gasteiger partial charge in [-0.15, -0.1) is 0 Å². The number of aliphatic hydroxyl groups excluding tert-OH is 1. The lowest BCUT2D eigenvalue weighted by Crippen LogP contribution is -1.72. The van der Waals surface area contributed by atoms with Crippen LogP contribution in [0.25, 0.3) is 0 Å². The second-order valence-electron chi connectivity index (χ2n) is 0.755. The van der Waals surface area contributed by atoms with Gasteiger partial charge in [0.25, 0.3) is 0 Å². The van der Waals surface area contributed by atoms with Crippen LogP contribution < -0.4 is 0 Å². The average molecular weight is 120 g/mol. The molecule has 4 heteroatoms. The Labute approximate surface area is 42.9 Å². The van der Waals surface area contributed by atoms with Crippen LogP contribution >= 0.6 is 8.69 Å². The Bertz CT molecular complexity index is 70.6. The summed E-state index contributed by atoms with van der Waals surface area (Å²) in [6.07, 6.45) is 2.18. The Hall–Kier alpha value is -0.400. The predicted octanol–water partition coefficient (Wildman–Crippen LogP) is 1.28. The second-order valence-corrected chi connectivity index (χ2v) is 1.16. The van der Waals surface area contributed by atoms with Gasteiger partial charge in [-0.25, -0.2) is 4.57 Å². The van der Waals surface area contributed by atoms with Gasteiger partial charge in [0.1, 0.15) is 0 Å². The van der Waals surface area contributed by atoms with Gasteiger partial charge in [-0.2, -0.15) is 0 Å². The molecule has 3 nitrogen and oxygen atoms in total. The van der Waals surface area contributed by atoms with E-state index in [-0.39, 0.29) is 15.3 Å². The molecule has 0 aliphatic rings. The van der Waals surface area contributed by atoms with E-state index in [0.717, 1.165) is 6.26 Å². The standard InChI is InChI=1S/C3H5O3P/c4-2-1-3-6-7-5/h1-2,4H,3H2. The smallest absolute Gasteiger partial charge is 0.327 e. The van der Waals surface area contributed by atoms with Crippen molar-refractivity contribution in [1.29, 1.82) is 0 Å². The Morgan fingerprint density at radius 2 is 2.57 bits per heavy atom. The summed E-state index contributed by atoms with van der Waals surface area (Å²) >= 11 is 0. The van der Waals surface area contributed by atoms with Gasteiger partial charge < -0.3 is 5.11 Å². The van der Waals surface area contributed by atoms with E-state index < -0.39 is 0 Å².